The molecule has 1 aromatic heterocycles. The largest absolute Gasteiger partial charge is 0.378 e. The normalized spacial score (nSPS) is 10.7. The van der Waals surface area contributed by atoms with Gasteiger partial charge in [-0.1, -0.05) is 30.3 Å². The average molecular weight is 291 g/mol. The smallest absolute Gasteiger partial charge is 0.0959 e. The molecular weight excluding hydrogens is 270 g/mol. The molecule has 0 saturated heterocycles. The predicted molar refractivity (Wildman–Crippen MR) is 92.8 cm³/mol. The molecular formula is C19H21N3. The second-order valence-electron chi connectivity index (χ2n) is 5.75. The maximum atomic E-state index is 4.83. The van der Waals surface area contributed by atoms with Crippen molar-refractivity contribution in [2.45, 2.75) is 13.8 Å². The molecule has 0 aliphatic heterocycles. The Hall–Kier alpha value is -2.55. The van der Waals surface area contributed by atoms with Crippen molar-refractivity contribution in [1.82, 2.24) is 9.78 Å². The molecule has 0 bridgehead atoms. The molecule has 0 radical (unpaired) electrons. The van der Waals surface area contributed by atoms with Crippen LogP contribution in [0.3, 0.4) is 0 Å². The Bertz CT molecular complexity index is 768. The number of benzene rings is 2. The lowest BCUT2D eigenvalue weighted by atomic mass is 10.1. The Labute approximate surface area is 131 Å². The van der Waals surface area contributed by atoms with Crippen molar-refractivity contribution in [3.8, 4) is 16.9 Å². The van der Waals surface area contributed by atoms with E-state index >= 15 is 0 Å². The first-order valence-corrected chi connectivity index (χ1v) is 7.47. The van der Waals surface area contributed by atoms with Crippen LogP contribution in [0.25, 0.3) is 16.9 Å². The molecule has 0 unspecified atom stereocenters. The van der Waals surface area contributed by atoms with Gasteiger partial charge in [0.2, 0.25) is 0 Å². The van der Waals surface area contributed by atoms with E-state index in [2.05, 4.69) is 69.2 Å². The van der Waals surface area contributed by atoms with Crippen LogP contribution in [0.5, 0.6) is 0 Å². The third-order valence-electron chi connectivity index (χ3n) is 4.07. The molecule has 3 rings (SSSR count). The first kappa shape index (κ1) is 14.4. The van der Waals surface area contributed by atoms with Crippen LogP contribution in [-0.4, -0.2) is 23.9 Å². The lowest BCUT2D eigenvalue weighted by Gasteiger charge is -2.12. The van der Waals surface area contributed by atoms with E-state index in [0.717, 1.165) is 16.9 Å². The van der Waals surface area contributed by atoms with Crippen molar-refractivity contribution in [2.24, 2.45) is 0 Å². The Balaban J connectivity index is 2.05. The molecule has 0 fully saturated rings. The first-order valence-electron chi connectivity index (χ1n) is 7.47. The van der Waals surface area contributed by atoms with Gasteiger partial charge in [-0.25, -0.2) is 4.68 Å². The monoisotopic (exact) mass is 291 g/mol. The van der Waals surface area contributed by atoms with Crippen LogP contribution in [0.2, 0.25) is 0 Å². The molecule has 112 valence electrons. The number of para-hydroxylation sites is 1. The first-order chi connectivity index (χ1) is 10.6. The minimum Gasteiger partial charge on any atom is -0.378 e. The van der Waals surface area contributed by atoms with Gasteiger partial charge in [0.1, 0.15) is 0 Å². The van der Waals surface area contributed by atoms with Crippen molar-refractivity contribution >= 4 is 5.69 Å². The van der Waals surface area contributed by atoms with E-state index in [0.29, 0.717) is 0 Å². The Morgan fingerprint density at radius 1 is 0.864 bits per heavy atom. The van der Waals surface area contributed by atoms with Crippen molar-refractivity contribution in [3.05, 3.63) is 65.9 Å². The molecule has 0 aliphatic rings. The summed E-state index contributed by atoms with van der Waals surface area (Å²) < 4.78 is 2.02. The van der Waals surface area contributed by atoms with Crippen molar-refractivity contribution < 1.29 is 0 Å². The molecule has 0 N–H and O–H groups in total. The molecule has 2 aromatic carbocycles. The number of rotatable bonds is 3. The zero-order chi connectivity index (χ0) is 15.7. The topological polar surface area (TPSA) is 21.1 Å². The van der Waals surface area contributed by atoms with Crippen LogP contribution in [0.4, 0.5) is 5.69 Å². The van der Waals surface area contributed by atoms with Gasteiger partial charge in [0.25, 0.3) is 0 Å². The maximum absolute atomic E-state index is 4.83. The molecule has 3 nitrogen and oxygen atoms in total. The molecule has 0 spiro atoms. The van der Waals surface area contributed by atoms with Gasteiger partial charge in [0, 0.05) is 31.0 Å². The van der Waals surface area contributed by atoms with Crippen LogP contribution in [0.15, 0.2) is 54.6 Å². The van der Waals surface area contributed by atoms with E-state index in [1.165, 1.54) is 16.9 Å². The van der Waals surface area contributed by atoms with Crippen LogP contribution in [-0.2, 0) is 0 Å². The number of aromatic nitrogens is 2. The van der Waals surface area contributed by atoms with Gasteiger partial charge >= 0.3 is 0 Å². The zero-order valence-corrected chi connectivity index (χ0v) is 13.5. The quantitative estimate of drug-likeness (QED) is 0.720. The van der Waals surface area contributed by atoms with E-state index in [4.69, 9.17) is 5.10 Å². The van der Waals surface area contributed by atoms with Gasteiger partial charge in [-0.15, -0.1) is 0 Å². The molecule has 0 saturated carbocycles. The highest BCUT2D eigenvalue weighted by Gasteiger charge is 2.13. The van der Waals surface area contributed by atoms with Crippen LogP contribution in [0, 0.1) is 13.8 Å². The van der Waals surface area contributed by atoms with Crippen LogP contribution >= 0.6 is 0 Å². The van der Waals surface area contributed by atoms with E-state index in [-0.39, 0.29) is 0 Å². The summed E-state index contributed by atoms with van der Waals surface area (Å²) in [5, 5.41) is 4.83. The standard InChI is InChI=1S/C19H21N3/c1-14-15(2)22(18-8-6-5-7-9-18)20-19(14)16-10-12-17(13-11-16)21(3)4/h5-13H,1-4H3. The van der Waals surface area contributed by atoms with Gasteiger partial charge in [-0.05, 0) is 43.7 Å². The Morgan fingerprint density at radius 3 is 2.09 bits per heavy atom. The minimum atomic E-state index is 1.05. The second-order valence-corrected chi connectivity index (χ2v) is 5.75. The Morgan fingerprint density at radius 2 is 1.50 bits per heavy atom. The summed E-state index contributed by atoms with van der Waals surface area (Å²) in [5.74, 6) is 0. The number of hydrogen-bond donors (Lipinski definition) is 0. The lowest BCUT2D eigenvalue weighted by molar-refractivity contribution is 0.848. The number of hydrogen-bond acceptors (Lipinski definition) is 2. The average Bonchev–Trinajstić information content (AvgIpc) is 2.84. The SMILES string of the molecule is Cc1c(-c2ccc(N(C)C)cc2)nn(-c2ccccc2)c1C. The third-order valence-corrected chi connectivity index (χ3v) is 4.07. The summed E-state index contributed by atoms with van der Waals surface area (Å²) in [6, 6.07) is 18.8. The fourth-order valence-electron chi connectivity index (χ4n) is 2.59. The zero-order valence-electron chi connectivity index (χ0n) is 13.5. The fourth-order valence-corrected chi connectivity index (χ4v) is 2.59. The molecule has 0 amide bonds. The lowest BCUT2D eigenvalue weighted by Crippen LogP contribution is -2.07. The van der Waals surface area contributed by atoms with Gasteiger partial charge < -0.3 is 4.90 Å². The number of nitrogens with zero attached hydrogens (tertiary/aromatic N) is 3. The summed E-state index contributed by atoms with van der Waals surface area (Å²) in [6.45, 7) is 4.25. The van der Waals surface area contributed by atoms with Gasteiger partial charge in [0.05, 0.1) is 11.4 Å². The summed E-state index contributed by atoms with van der Waals surface area (Å²) in [5.41, 5.74) is 6.90. The van der Waals surface area contributed by atoms with Gasteiger partial charge in [-0.2, -0.15) is 5.10 Å². The molecule has 3 aromatic rings. The van der Waals surface area contributed by atoms with E-state index < -0.39 is 0 Å². The van der Waals surface area contributed by atoms with Crippen molar-refractivity contribution in [1.29, 1.82) is 0 Å². The second kappa shape index (κ2) is 5.68. The number of anilines is 1. The maximum Gasteiger partial charge on any atom is 0.0959 e. The van der Waals surface area contributed by atoms with Crippen LogP contribution in [0.1, 0.15) is 11.3 Å². The molecule has 1 heterocycles. The van der Waals surface area contributed by atoms with Crippen LogP contribution < -0.4 is 4.90 Å². The van der Waals surface area contributed by atoms with Crippen molar-refractivity contribution in [2.75, 3.05) is 19.0 Å². The molecule has 0 atom stereocenters. The molecule has 3 heteroatoms. The summed E-state index contributed by atoms with van der Waals surface area (Å²) in [6.07, 6.45) is 0. The highest BCUT2D eigenvalue weighted by atomic mass is 15.3. The van der Waals surface area contributed by atoms with E-state index in [9.17, 15) is 0 Å². The van der Waals surface area contributed by atoms with Gasteiger partial charge in [-0.3, -0.25) is 0 Å². The highest BCUT2D eigenvalue weighted by molar-refractivity contribution is 5.67. The molecule has 0 aliphatic carbocycles. The highest BCUT2D eigenvalue weighted by Crippen LogP contribution is 2.27. The third kappa shape index (κ3) is 2.50. The summed E-state index contributed by atoms with van der Waals surface area (Å²) in [7, 11) is 4.10. The fraction of sp³-hybridized carbons (Fsp3) is 0.211. The Kier molecular flexibility index (Phi) is 3.72. The summed E-state index contributed by atoms with van der Waals surface area (Å²) in [4.78, 5) is 2.10. The predicted octanol–water partition coefficient (Wildman–Crippen LogP) is 4.22. The summed E-state index contributed by atoms with van der Waals surface area (Å²) >= 11 is 0. The molecule has 22 heavy (non-hydrogen) atoms. The van der Waals surface area contributed by atoms with Gasteiger partial charge in [0.15, 0.2) is 0 Å². The van der Waals surface area contributed by atoms with E-state index in [1.807, 2.05) is 22.9 Å². The minimum absolute atomic E-state index is 1.05. The van der Waals surface area contributed by atoms with Crippen molar-refractivity contribution in [3.63, 3.8) is 0 Å². The van der Waals surface area contributed by atoms with E-state index in [1.54, 1.807) is 0 Å².